The Hall–Kier alpha value is -1.82. The summed E-state index contributed by atoms with van der Waals surface area (Å²) in [6.07, 6.45) is 7.28. The van der Waals surface area contributed by atoms with Crippen molar-refractivity contribution in [1.82, 2.24) is 0 Å². The van der Waals surface area contributed by atoms with E-state index in [-0.39, 0.29) is 0 Å². The van der Waals surface area contributed by atoms with Crippen LogP contribution in [0.5, 0.6) is 0 Å². The standard InChI is InChI=1S/C22H26/c1-4-9-17-12-6-7-14-19(17)21-15-18-13-8-11-16(3)22(18)20(21)10-5-2/h6-8,11-15,20H,4-5,9-10H2,1-3H3. The number of fused-ring (bicyclic) bond motifs is 1. The first-order chi connectivity index (χ1) is 10.8. The smallest absolute Gasteiger partial charge is 0.0104 e. The number of rotatable bonds is 5. The molecule has 0 heterocycles. The molecule has 0 saturated carbocycles. The summed E-state index contributed by atoms with van der Waals surface area (Å²) in [4.78, 5) is 0. The minimum atomic E-state index is 0.569. The quantitative estimate of drug-likeness (QED) is 0.599. The van der Waals surface area contributed by atoms with Gasteiger partial charge in [-0.15, -0.1) is 0 Å². The van der Waals surface area contributed by atoms with Gasteiger partial charge >= 0.3 is 0 Å². The molecule has 1 aliphatic rings. The first kappa shape index (κ1) is 15.1. The molecule has 114 valence electrons. The summed E-state index contributed by atoms with van der Waals surface area (Å²) >= 11 is 0. The third kappa shape index (κ3) is 2.63. The zero-order valence-corrected chi connectivity index (χ0v) is 14.0. The van der Waals surface area contributed by atoms with Crippen molar-refractivity contribution in [3.05, 3.63) is 70.3 Å². The van der Waals surface area contributed by atoms with Gasteiger partial charge in [0, 0.05) is 5.92 Å². The van der Waals surface area contributed by atoms with Gasteiger partial charge in [0.1, 0.15) is 0 Å². The molecule has 0 bridgehead atoms. The van der Waals surface area contributed by atoms with Gasteiger partial charge in [-0.05, 0) is 53.2 Å². The zero-order valence-electron chi connectivity index (χ0n) is 14.0. The molecular formula is C22H26. The van der Waals surface area contributed by atoms with Gasteiger partial charge in [-0.1, -0.05) is 75.2 Å². The number of benzene rings is 2. The molecule has 3 rings (SSSR count). The van der Waals surface area contributed by atoms with E-state index in [2.05, 4.69) is 69.3 Å². The summed E-state index contributed by atoms with van der Waals surface area (Å²) in [5.41, 5.74) is 8.94. The van der Waals surface area contributed by atoms with E-state index in [1.165, 1.54) is 53.5 Å². The molecule has 0 heteroatoms. The van der Waals surface area contributed by atoms with Gasteiger partial charge < -0.3 is 0 Å². The van der Waals surface area contributed by atoms with Crippen molar-refractivity contribution in [2.24, 2.45) is 0 Å². The van der Waals surface area contributed by atoms with Gasteiger partial charge in [-0.2, -0.15) is 0 Å². The molecule has 0 spiro atoms. The van der Waals surface area contributed by atoms with Crippen LogP contribution >= 0.6 is 0 Å². The predicted molar refractivity (Wildman–Crippen MR) is 97.1 cm³/mol. The minimum Gasteiger partial charge on any atom is -0.0653 e. The molecule has 1 atom stereocenters. The van der Waals surface area contributed by atoms with Gasteiger partial charge in [0.15, 0.2) is 0 Å². The molecule has 0 amide bonds. The van der Waals surface area contributed by atoms with Crippen molar-refractivity contribution in [3.8, 4) is 0 Å². The maximum atomic E-state index is 2.44. The lowest BCUT2D eigenvalue weighted by molar-refractivity contribution is 0.732. The largest absolute Gasteiger partial charge is 0.0653 e. The average Bonchev–Trinajstić information content (AvgIpc) is 2.89. The lowest BCUT2D eigenvalue weighted by Gasteiger charge is -2.20. The molecule has 22 heavy (non-hydrogen) atoms. The Morgan fingerprint density at radius 1 is 0.909 bits per heavy atom. The molecule has 2 aromatic rings. The van der Waals surface area contributed by atoms with Crippen LogP contribution < -0.4 is 0 Å². The molecule has 0 N–H and O–H groups in total. The molecule has 0 saturated heterocycles. The topological polar surface area (TPSA) is 0 Å². The summed E-state index contributed by atoms with van der Waals surface area (Å²) in [6, 6.07) is 15.7. The van der Waals surface area contributed by atoms with E-state index in [0.29, 0.717) is 5.92 Å². The highest BCUT2D eigenvalue weighted by Gasteiger charge is 2.27. The molecule has 0 fully saturated rings. The van der Waals surface area contributed by atoms with Crippen LogP contribution in [0.25, 0.3) is 11.6 Å². The fraction of sp³-hybridized carbons (Fsp3) is 0.364. The van der Waals surface area contributed by atoms with Crippen LogP contribution in [0.3, 0.4) is 0 Å². The van der Waals surface area contributed by atoms with Crippen LogP contribution in [-0.2, 0) is 6.42 Å². The Kier molecular flexibility index (Phi) is 4.47. The number of hydrogen-bond donors (Lipinski definition) is 0. The zero-order chi connectivity index (χ0) is 15.5. The first-order valence-corrected chi connectivity index (χ1v) is 8.65. The molecular weight excluding hydrogens is 264 g/mol. The van der Waals surface area contributed by atoms with Crippen LogP contribution in [0, 0.1) is 6.92 Å². The molecule has 1 unspecified atom stereocenters. The van der Waals surface area contributed by atoms with Gasteiger partial charge in [0.2, 0.25) is 0 Å². The maximum Gasteiger partial charge on any atom is 0.0104 e. The molecule has 0 nitrogen and oxygen atoms in total. The van der Waals surface area contributed by atoms with Gasteiger partial charge in [0.05, 0.1) is 0 Å². The molecule has 0 radical (unpaired) electrons. The highest BCUT2D eigenvalue weighted by atomic mass is 14.3. The van der Waals surface area contributed by atoms with E-state index in [1.54, 1.807) is 5.56 Å². The third-order valence-corrected chi connectivity index (χ3v) is 4.82. The van der Waals surface area contributed by atoms with Gasteiger partial charge in [-0.25, -0.2) is 0 Å². The highest BCUT2D eigenvalue weighted by Crippen LogP contribution is 2.46. The normalized spacial score (nSPS) is 16.5. The lowest BCUT2D eigenvalue weighted by Crippen LogP contribution is -2.03. The molecule has 2 aromatic carbocycles. The van der Waals surface area contributed by atoms with E-state index >= 15 is 0 Å². The number of aryl methyl sites for hydroxylation is 2. The second-order valence-electron chi connectivity index (χ2n) is 6.43. The monoisotopic (exact) mass is 290 g/mol. The fourth-order valence-electron chi connectivity index (χ4n) is 3.87. The lowest BCUT2D eigenvalue weighted by atomic mass is 9.84. The molecule has 0 aromatic heterocycles. The minimum absolute atomic E-state index is 0.569. The first-order valence-electron chi connectivity index (χ1n) is 8.65. The second-order valence-corrected chi connectivity index (χ2v) is 6.43. The van der Waals surface area contributed by atoms with Crippen molar-refractivity contribution in [2.45, 2.75) is 52.4 Å². The van der Waals surface area contributed by atoms with Crippen molar-refractivity contribution >= 4 is 11.6 Å². The van der Waals surface area contributed by atoms with E-state index in [9.17, 15) is 0 Å². The van der Waals surface area contributed by atoms with Gasteiger partial charge in [-0.3, -0.25) is 0 Å². The van der Waals surface area contributed by atoms with Crippen molar-refractivity contribution in [1.29, 1.82) is 0 Å². The average molecular weight is 290 g/mol. The summed E-state index contributed by atoms with van der Waals surface area (Å²) in [6.45, 7) is 6.82. The van der Waals surface area contributed by atoms with Crippen LogP contribution in [0.2, 0.25) is 0 Å². The SMILES string of the molecule is CCCc1ccccc1C1=Cc2cccc(C)c2C1CCC. The number of allylic oxidation sites excluding steroid dienone is 1. The van der Waals surface area contributed by atoms with Crippen molar-refractivity contribution < 1.29 is 0 Å². The third-order valence-electron chi connectivity index (χ3n) is 4.82. The summed E-state index contributed by atoms with van der Waals surface area (Å²) in [7, 11) is 0. The Labute approximate surface area is 134 Å². The van der Waals surface area contributed by atoms with E-state index in [1.807, 2.05) is 0 Å². The van der Waals surface area contributed by atoms with Crippen LogP contribution in [0.1, 0.15) is 66.8 Å². The number of hydrogen-bond acceptors (Lipinski definition) is 0. The van der Waals surface area contributed by atoms with E-state index in [4.69, 9.17) is 0 Å². The Morgan fingerprint density at radius 2 is 1.73 bits per heavy atom. The predicted octanol–water partition coefficient (Wildman–Crippen LogP) is 6.39. The Bertz CT molecular complexity index is 691. The Balaban J connectivity index is 2.10. The maximum absolute atomic E-state index is 2.44. The summed E-state index contributed by atoms with van der Waals surface area (Å²) in [5, 5.41) is 0. The van der Waals surface area contributed by atoms with Gasteiger partial charge in [0.25, 0.3) is 0 Å². The molecule has 1 aliphatic carbocycles. The van der Waals surface area contributed by atoms with E-state index < -0.39 is 0 Å². The second kappa shape index (κ2) is 6.52. The van der Waals surface area contributed by atoms with Crippen molar-refractivity contribution in [3.63, 3.8) is 0 Å². The van der Waals surface area contributed by atoms with Crippen LogP contribution in [0.4, 0.5) is 0 Å². The Morgan fingerprint density at radius 3 is 2.50 bits per heavy atom. The highest BCUT2D eigenvalue weighted by molar-refractivity contribution is 5.92. The molecule has 0 aliphatic heterocycles. The van der Waals surface area contributed by atoms with E-state index in [0.717, 1.165) is 0 Å². The fourth-order valence-corrected chi connectivity index (χ4v) is 3.87. The summed E-state index contributed by atoms with van der Waals surface area (Å²) < 4.78 is 0. The van der Waals surface area contributed by atoms with Crippen molar-refractivity contribution in [2.75, 3.05) is 0 Å². The summed E-state index contributed by atoms with van der Waals surface area (Å²) in [5.74, 6) is 0.569. The van der Waals surface area contributed by atoms with Crippen LogP contribution in [0.15, 0.2) is 42.5 Å². The van der Waals surface area contributed by atoms with Crippen LogP contribution in [-0.4, -0.2) is 0 Å².